The van der Waals surface area contributed by atoms with Crippen molar-refractivity contribution in [3.8, 4) is 0 Å². The SMILES string of the molecule is CC1CN1SC1=CCCCC1. The van der Waals surface area contributed by atoms with Gasteiger partial charge in [-0.2, -0.15) is 0 Å². The fourth-order valence-corrected chi connectivity index (χ4v) is 2.58. The molecule has 0 aromatic heterocycles. The van der Waals surface area contributed by atoms with Gasteiger partial charge >= 0.3 is 0 Å². The zero-order chi connectivity index (χ0) is 7.68. The van der Waals surface area contributed by atoms with Crippen molar-refractivity contribution >= 4 is 11.9 Å². The van der Waals surface area contributed by atoms with Gasteiger partial charge in [0, 0.05) is 12.6 Å². The summed E-state index contributed by atoms with van der Waals surface area (Å²) < 4.78 is 2.46. The third-order valence-electron chi connectivity index (χ3n) is 2.29. The standard InChI is InChI=1S/C9H15NS/c1-8-7-10(8)11-9-5-3-2-4-6-9/h5,8H,2-4,6-7H2,1H3. The maximum Gasteiger partial charge on any atom is 0.0315 e. The summed E-state index contributed by atoms with van der Waals surface area (Å²) in [4.78, 5) is 1.61. The first-order valence-electron chi connectivity index (χ1n) is 4.50. The van der Waals surface area contributed by atoms with Crippen molar-refractivity contribution in [1.29, 1.82) is 0 Å². The molecule has 1 aliphatic carbocycles. The lowest BCUT2D eigenvalue weighted by atomic mass is 10.1. The summed E-state index contributed by atoms with van der Waals surface area (Å²) in [6.45, 7) is 3.58. The maximum atomic E-state index is 2.46. The summed E-state index contributed by atoms with van der Waals surface area (Å²) in [7, 11) is 0. The number of hydrogen-bond acceptors (Lipinski definition) is 2. The van der Waals surface area contributed by atoms with E-state index in [0.29, 0.717) is 0 Å². The van der Waals surface area contributed by atoms with Crippen LogP contribution < -0.4 is 0 Å². The zero-order valence-corrected chi connectivity index (χ0v) is 7.86. The fourth-order valence-electron chi connectivity index (χ4n) is 1.38. The molecule has 1 saturated heterocycles. The van der Waals surface area contributed by atoms with Gasteiger partial charge in [0.2, 0.25) is 0 Å². The Morgan fingerprint density at radius 3 is 2.91 bits per heavy atom. The van der Waals surface area contributed by atoms with E-state index >= 15 is 0 Å². The molecule has 2 aliphatic rings. The molecule has 0 radical (unpaired) electrons. The molecule has 11 heavy (non-hydrogen) atoms. The van der Waals surface area contributed by atoms with Gasteiger partial charge in [0.1, 0.15) is 0 Å². The number of rotatable bonds is 2. The van der Waals surface area contributed by atoms with Gasteiger partial charge in [-0.05, 0) is 49.5 Å². The first kappa shape index (κ1) is 7.69. The largest absolute Gasteiger partial charge is 0.241 e. The monoisotopic (exact) mass is 169 g/mol. The smallest absolute Gasteiger partial charge is 0.0315 e. The number of hydrogen-bond donors (Lipinski definition) is 0. The predicted molar refractivity (Wildman–Crippen MR) is 50.3 cm³/mol. The van der Waals surface area contributed by atoms with Crippen LogP contribution in [-0.4, -0.2) is 16.9 Å². The van der Waals surface area contributed by atoms with Crippen molar-refractivity contribution in [3.63, 3.8) is 0 Å². The minimum absolute atomic E-state index is 0.836. The van der Waals surface area contributed by atoms with Crippen LogP contribution in [0.25, 0.3) is 0 Å². The third kappa shape index (κ3) is 2.00. The second kappa shape index (κ2) is 3.20. The predicted octanol–water partition coefficient (Wildman–Crippen LogP) is 2.80. The van der Waals surface area contributed by atoms with Crippen LogP contribution in [0.4, 0.5) is 0 Å². The summed E-state index contributed by atoms with van der Waals surface area (Å²) in [5.41, 5.74) is 0. The Labute approximate surface area is 73.0 Å². The van der Waals surface area contributed by atoms with Gasteiger partial charge in [-0.3, -0.25) is 0 Å². The van der Waals surface area contributed by atoms with Crippen LogP contribution in [-0.2, 0) is 0 Å². The Morgan fingerprint density at radius 2 is 2.36 bits per heavy atom. The lowest BCUT2D eigenvalue weighted by Crippen LogP contribution is -1.92. The number of nitrogens with zero attached hydrogens (tertiary/aromatic N) is 1. The molecule has 2 unspecified atom stereocenters. The first-order chi connectivity index (χ1) is 5.36. The van der Waals surface area contributed by atoms with Crippen LogP contribution in [0.15, 0.2) is 11.0 Å². The Kier molecular flexibility index (Phi) is 2.23. The van der Waals surface area contributed by atoms with Gasteiger partial charge < -0.3 is 0 Å². The van der Waals surface area contributed by atoms with Crippen LogP contribution in [0, 0.1) is 0 Å². The Balaban J connectivity index is 1.80. The fraction of sp³-hybridized carbons (Fsp3) is 0.778. The maximum absolute atomic E-state index is 2.46. The van der Waals surface area contributed by atoms with Crippen molar-refractivity contribution < 1.29 is 0 Å². The van der Waals surface area contributed by atoms with Crippen molar-refractivity contribution in [2.45, 2.75) is 38.6 Å². The summed E-state index contributed by atoms with van der Waals surface area (Å²) in [5, 5.41) is 0. The molecular weight excluding hydrogens is 154 g/mol. The molecule has 0 spiro atoms. The topological polar surface area (TPSA) is 3.01 Å². The lowest BCUT2D eigenvalue weighted by molar-refractivity contribution is 0.719. The van der Waals surface area contributed by atoms with Gasteiger partial charge in [-0.15, -0.1) is 0 Å². The molecule has 0 amide bonds. The van der Waals surface area contributed by atoms with E-state index in [-0.39, 0.29) is 0 Å². The highest BCUT2D eigenvalue weighted by molar-refractivity contribution is 8.01. The van der Waals surface area contributed by atoms with E-state index in [1.807, 2.05) is 11.9 Å². The minimum atomic E-state index is 0.836. The van der Waals surface area contributed by atoms with Gasteiger partial charge in [-0.1, -0.05) is 6.08 Å². The minimum Gasteiger partial charge on any atom is -0.241 e. The van der Waals surface area contributed by atoms with Crippen molar-refractivity contribution in [2.75, 3.05) is 6.54 Å². The summed E-state index contributed by atoms with van der Waals surface area (Å²) in [6.07, 6.45) is 7.86. The molecule has 0 saturated carbocycles. The van der Waals surface area contributed by atoms with Crippen LogP contribution in [0.2, 0.25) is 0 Å². The van der Waals surface area contributed by atoms with Crippen LogP contribution in [0.1, 0.15) is 32.6 Å². The molecule has 0 aromatic carbocycles. The zero-order valence-electron chi connectivity index (χ0n) is 7.05. The summed E-state index contributed by atoms with van der Waals surface area (Å²) >= 11 is 1.99. The Bertz CT molecular complexity index is 176. The average molecular weight is 169 g/mol. The van der Waals surface area contributed by atoms with Gasteiger partial charge in [0.25, 0.3) is 0 Å². The van der Waals surface area contributed by atoms with Gasteiger partial charge in [0.15, 0.2) is 0 Å². The average Bonchev–Trinajstić information content (AvgIpc) is 2.69. The van der Waals surface area contributed by atoms with Crippen LogP contribution in [0.3, 0.4) is 0 Å². The van der Waals surface area contributed by atoms with E-state index in [2.05, 4.69) is 17.3 Å². The van der Waals surface area contributed by atoms with E-state index in [4.69, 9.17) is 0 Å². The van der Waals surface area contributed by atoms with E-state index in [0.717, 1.165) is 6.04 Å². The summed E-state index contributed by atoms with van der Waals surface area (Å²) in [6, 6.07) is 0.836. The molecule has 0 bridgehead atoms. The second-order valence-corrected chi connectivity index (χ2v) is 4.63. The molecule has 1 nitrogen and oxygen atoms in total. The highest BCUT2D eigenvalue weighted by Gasteiger charge is 2.30. The molecule has 1 fully saturated rings. The number of allylic oxidation sites excluding steroid dienone is 2. The molecule has 2 rings (SSSR count). The molecule has 62 valence electrons. The Morgan fingerprint density at radius 1 is 1.55 bits per heavy atom. The first-order valence-corrected chi connectivity index (χ1v) is 5.27. The lowest BCUT2D eigenvalue weighted by Gasteiger charge is -2.11. The summed E-state index contributed by atoms with van der Waals surface area (Å²) in [5.74, 6) is 0. The van der Waals surface area contributed by atoms with Crippen molar-refractivity contribution in [1.82, 2.24) is 4.31 Å². The molecule has 0 aromatic rings. The highest BCUT2D eigenvalue weighted by Crippen LogP contribution is 2.37. The Hall–Kier alpha value is 0.0500. The molecular formula is C9H15NS. The van der Waals surface area contributed by atoms with Gasteiger partial charge in [0.05, 0.1) is 0 Å². The van der Waals surface area contributed by atoms with E-state index in [1.165, 1.54) is 32.2 Å². The highest BCUT2D eigenvalue weighted by atomic mass is 32.2. The molecule has 1 heterocycles. The van der Waals surface area contributed by atoms with Crippen LogP contribution >= 0.6 is 11.9 Å². The molecule has 2 heteroatoms. The molecule has 2 atom stereocenters. The van der Waals surface area contributed by atoms with E-state index < -0.39 is 0 Å². The molecule has 0 N–H and O–H groups in total. The normalized spacial score (nSPS) is 36.6. The molecule has 1 aliphatic heterocycles. The van der Waals surface area contributed by atoms with E-state index in [1.54, 1.807) is 4.91 Å². The van der Waals surface area contributed by atoms with E-state index in [9.17, 15) is 0 Å². The van der Waals surface area contributed by atoms with Crippen molar-refractivity contribution in [2.24, 2.45) is 0 Å². The van der Waals surface area contributed by atoms with Crippen LogP contribution in [0.5, 0.6) is 0 Å². The third-order valence-corrected chi connectivity index (χ3v) is 3.63. The van der Waals surface area contributed by atoms with Crippen molar-refractivity contribution in [3.05, 3.63) is 11.0 Å². The second-order valence-electron chi connectivity index (χ2n) is 3.46. The quantitative estimate of drug-likeness (QED) is 0.462. The van der Waals surface area contributed by atoms with Gasteiger partial charge in [-0.25, -0.2) is 4.31 Å².